The van der Waals surface area contributed by atoms with E-state index in [1.165, 1.54) is 6.04 Å². The van der Waals surface area contributed by atoms with Gasteiger partial charge in [0, 0.05) is 14.7 Å². The van der Waals surface area contributed by atoms with Crippen LogP contribution >= 0.6 is 0 Å². The highest BCUT2D eigenvalue weighted by Gasteiger charge is 2.11. The zero-order valence-electron chi connectivity index (χ0n) is 9.45. The average molecular weight is 213 g/mol. The Kier molecular flexibility index (Phi) is 3.83. The lowest BCUT2D eigenvalue weighted by Gasteiger charge is -2.15. The molecule has 0 saturated carbocycles. The van der Waals surface area contributed by atoms with E-state index >= 15 is 0 Å². The molecule has 0 aliphatic carbocycles. The summed E-state index contributed by atoms with van der Waals surface area (Å²) in [6, 6.07) is 1.20. The Balaban J connectivity index is 2.16. The molecular formula is C9H19N3OSi. The highest BCUT2D eigenvalue weighted by atomic mass is 28.3. The van der Waals surface area contributed by atoms with Crippen LogP contribution in [0.5, 0.6) is 0 Å². The summed E-state index contributed by atoms with van der Waals surface area (Å²) in [5, 5.41) is 4.14. The van der Waals surface area contributed by atoms with Crippen molar-refractivity contribution in [1.29, 1.82) is 0 Å². The maximum Gasteiger partial charge on any atom is 0.147 e. The molecule has 0 amide bonds. The molecule has 0 aromatic carbocycles. The minimum absolute atomic E-state index is 0.519. The summed E-state index contributed by atoms with van der Waals surface area (Å²) in [5.41, 5.74) is 0. The lowest BCUT2D eigenvalue weighted by molar-refractivity contribution is 0.0782. The summed E-state index contributed by atoms with van der Waals surface area (Å²) >= 11 is 0. The summed E-state index contributed by atoms with van der Waals surface area (Å²) in [4.78, 5) is 4.02. The van der Waals surface area contributed by atoms with Crippen LogP contribution in [-0.4, -0.2) is 29.4 Å². The van der Waals surface area contributed by atoms with E-state index in [9.17, 15) is 0 Å². The Morgan fingerprint density at radius 2 is 2.14 bits per heavy atom. The van der Waals surface area contributed by atoms with Gasteiger partial charge in [-0.25, -0.2) is 9.67 Å². The zero-order chi connectivity index (χ0) is 10.6. The third-order valence-corrected chi connectivity index (χ3v) is 3.58. The predicted molar refractivity (Wildman–Crippen MR) is 58.9 cm³/mol. The van der Waals surface area contributed by atoms with Crippen molar-refractivity contribution in [3.8, 4) is 0 Å². The first-order valence-corrected chi connectivity index (χ1v) is 8.62. The summed E-state index contributed by atoms with van der Waals surface area (Å²) in [5.74, 6) is 0.791. The van der Waals surface area contributed by atoms with E-state index in [1.807, 2.05) is 6.92 Å². The molecule has 14 heavy (non-hydrogen) atoms. The Bertz CT molecular complexity index is 280. The molecule has 1 aromatic heterocycles. The van der Waals surface area contributed by atoms with Crippen molar-refractivity contribution in [2.45, 2.75) is 39.3 Å². The molecule has 4 nitrogen and oxygen atoms in total. The average Bonchev–Trinajstić information content (AvgIpc) is 2.44. The van der Waals surface area contributed by atoms with Crippen molar-refractivity contribution in [3.05, 3.63) is 12.2 Å². The Labute approximate surface area is 86.3 Å². The van der Waals surface area contributed by atoms with Gasteiger partial charge in [-0.2, -0.15) is 5.10 Å². The Morgan fingerprint density at radius 1 is 1.43 bits per heavy atom. The number of hydrogen-bond acceptors (Lipinski definition) is 3. The van der Waals surface area contributed by atoms with Gasteiger partial charge in [0.05, 0.1) is 0 Å². The molecule has 0 N–H and O–H groups in total. The lowest BCUT2D eigenvalue weighted by atomic mass is 10.8. The molecule has 0 atom stereocenters. The van der Waals surface area contributed by atoms with Crippen LogP contribution in [0, 0.1) is 6.92 Å². The number of rotatable bonds is 5. The van der Waals surface area contributed by atoms with E-state index in [0.29, 0.717) is 6.73 Å². The molecule has 1 aromatic rings. The molecule has 0 saturated heterocycles. The van der Waals surface area contributed by atoms with Gasteiger partial charge in [0.25, 0.3) is 0 Å². The fourth-order valence-electron chi connectivity index (χ4n) is 0.986. The van der Waals surface area contributed by atoms with Crippen LogP contribution in [0.15, 0.2) is 6.33 Å². The molecule has 1 rings (SSSR count). The predicted octanol–water partition coefficient (Wildman–Crippen LogP) is 1.90. The third-order valence-electron chi connectivity index (χ3n) is 1.87. The normalized spacial score (nSPS) is 12.0. The van der Waals surface area contributed by atoms with E-state index in [-0.39, 0.29) is 0 Å². The van der Waals surface area contributed by atoms with Gasteiger partial charge in [0.2, 0.25) is 0 Å². The topological polar surface area (TPSA) is 39.9 Å². The Hall–Kier alpha value is -0.683. The first-order valence-electron chi connectivity index (χ1n) is 4.91. The van der Waals surface area contributed by atoms with Crippen molar-refractivity contribution >= 4 is 8.07 Å². The van der Waals surface area contributed by atoms with Crippen molar-refractivity contribution in [2.75, 3.05) is 6.61 Å². The molecule has 1 heterocycles. The molecule has 0 aliphatic heterocycles. The molecule has 0 aliphatic rings. The van der Waals surface area contributed by atoms with Gasteiger partial charge in [-0.05, 0) is 13.0 Å². The molecule has 5 heteroatoms. The van der Waals surface area contributed by atoms with Crippen molar-refractivity contribution < 1.29 is 4.74 Å². The van der Waals surface area contributed by atoms with Crippen LogP contribution in [0.1, 0.15) is 5.82 Å². The minimum atomic E-state index is -0.960. The largest absolute Gasteiger partial charge is 0.359 e. The molecular weight excluding hydrogens is 194 g/mol. The fourth-order valence-corrected chi connectivity index (χ4v) is 1.74. The second-order valence-corrected chi connectivity index (χ2v) is 10.3. The first kappa shape index (κ1) is 11.4. The molecule has 0 bridgehead atoms. The minimum Gasteiger partial charge on any atom is -0.359 e. The lowest BCUT2D eigenvalue weighted by Crippen LogP contribution is -2.22. The van der Waals surface area contributed by atoms with Crippen LogP contribution in [0.3, 0.4) is 0 Å². The third kappa shape index (κ3) is 4.52. The molecule has 80 valence electrons. The van der Waals surface area contributed by atoms with E-state index in [2.05, 4.69) is 29.7 Å². The summed E-state index contributed by atoms with van der Waals surface area (Å²) in [6.45, 7) is 10.3. The van der Waals surface area contributed by atoms with Gasteiger partial charge in [0.15, 0.2) is 0 Å². The van der Waals surface area contributed by atoms with E-state index in [1.54, 1.807) is 11.0 Å². The molecule has 0 spiro atoms. The van der Waals surface area contributed by atoms with Crippen LogP contribution in [0.25, 0.3) is 0 Å². The fraction of sp³-hybridized carbons (Fsp3) is 0.778. The quantitative estimate of drug-likeness (QED) is 0.554. The Morgan fingerprint density at radius 3 is 2.64 bits per heavy atom. The van der Waals surface area contributed by atoms with Crippen molar-refractivity contribution in [1.82, 2.24) is 14.8 Å². The van der Waals surface area contributed by atoms with E-state index in [4.69, 9.17) is 4.74 Å². The standard InChI is InChI=1S/C9H19N3OSi/c1-9-10-7-12(11-9)8-13-5-6-14(2,3)4/h7H,5-6,8H2,1-4H3. The smallest absolute Gasteiger partial charge is 0.147 e. The molecule has 0 fully saturated rings. The van der Waals surface area contributed by atoms with Crippen LogP contribution < -0.4 is 0 Å². The highest BCUT2D eigenvalue weighted by molar-refractivity contribution is 6.76. The van der Waals surface area contributed by atoms with E-state index < -0.39 is 8.07 Å². The summed E-state index contributed by atoms with van der Waals surface area (Å²) in [6.07, 6.45) is 1.70. The second-order valence-electron chi connectivity index (χ2n) is 4.68. The molecule has 0 radical (unpaired) electrons. The zero-order valence-corrected chi connectivity index (χ0v) is 10.4. The number of aromatic nitrogens is 3. The monoisotopic (exact) mass is 213 g/mol. The highest BCUT2D eigenvalue weighted by Crippen LogP contribution is 2.07. The van der Waals surface area contributed by atoms with Crippen molar-refractivity contribution in [2.24, 2.45) is 0 Å². The second kappa shape index (κ2) is 4.70. The summed E-state index contributed by atoms with van der Waals surface area (Å²) in [7, 11) is -0.960. The van der Waals surface area contributed by atoms with Crippen LogP contribution in [0.4, 0.5) is 0 Å². The number of hydrogen-bond donors (Lipinski definition) is 0. The first-order chi connectivity index (χ1) is 6.47. The number of nitrogens with zero attached hydrogens (tertiary/aromatic N) is 3. The van der Waals surface area contributed by atoms with Gasteiger partial charge in [-0.1, -0.05) is 19.6 Å². The maximum atomic E-state index is 5.50. The van der Waals surface area contributed by atoms with Gasteiger partial charge in [-0.15, -0.1) is 0 Å². The molecule has 0 unspecified atom stereocenters. The number of aryl methyl sites for hydroxylation is 1. The SMILES string of the molecule is Cc1ncn(COCC[Si](C)(C)C)n1. The number of ether oxygens (including phenoxy) is 1. The van der Waals surface area contributed by atoms with Gasteiger partial charge in [-0.3, -0.25) is 0 Å². The van der Waals surface area contributed by atoms with Gasteiger partial charge in [0.1, 0.15) is 18.9 Å². The van der Waals surface area contributed by atoms with Crippen LogP contribution in [-0.2, 0) is 11.5 Å². The summed E-state index contributed by atoms with van der Waals surface area (Å²) < 4.78 is 7.23. The van der Waals surface area contributed by atoms with Gasteiger partial charge >= 0.3 is 0 Å². The van der Waals surface area contributed by atoms with Crippen molar-refractivity contribution in [3.63, 3.8) is 0 Å². The van der Waals surface area contributed by atoms with E-state index in [0.717, 1.165) is 12.4 Å². The van der Waals surface area contributed by atoms with Gasteiger partial charge < -0.3 is 4.74 Å². The maximum absolute atomic E-state index is 5.50. The van der Waals surface area contributed by atoms with Crippen LogP contribution in [0.2, 0.25) is 25.7 Å².